The van der Waals surface area contributed by atoms with E-state index in [4.69, 9.17) is 23.2 Å². The minimum atomic E-state index is -3.50. The van der Waals surface area contributed by atoms with Crippen molar-refractivity contribution >= 4 is 56.3 Å². The number of nitrogens with zero attached hydrogens (tertiary/aromatic N) is 4. The van der Waals surface area contributed by atoms with Crippen LogP contribution in [0.1, 0.15) is 17.5 Å². The van der Waals surface area contributed by atoms with Gasteiger partial charge in [0.25, 0.3) is 0 Å². The number of anilines is 1. The van der Waals surface area contributed by atoms with Gasteiger partial charge in [-0.2, -0.15) is 4.98 Å². The molecule has 4 rings (SSSR count). The van der Waals surface area contributed by atoms with Gasteiger partial charge < -0.3 is 4.90 Å². The van der Waals surface area contributed by atoms with Crippen LogP contribution in [0.25, 0.3) is 11.6 Å². The van der Waals surface area contributed by atoms with Crippen molar-refractivity contribution in [1.82, 2.24) is 9.97 Å². The van der Waals surface area contributed by atoms with Gasteiger partial charge in [0.15, 0.2) is 0 Å². The van der Waals surface area contributed by atoms with Crippen molar-refractivity contribution in [3.05, 3.63) is 45.6 Å². The molecule has 0 atom stereocenters. The van der Waals surface area contributed by atoms with Gasteiger partial charge in [-0.3, -0.25) is 4.99 Å². The maximum absolute atomic E-state index is 11.8. The molecular formula is C17H14Cl2N4O2S. The fourth-order valence-corrected chi connectivity index (χ4v) is 4.04. The van der Waals surface area contributed by atoms with Crippen LogP contribution < -0.4 is 4.90 Å². The molecule has 2 aliphatic heterocycles. The van der Waals surface area contributed by atoms with Crippen LogP contribution in [0.4, 0.5) is 5.82 Å². The Morgan fingerprint density at radius 1 is 1.23 bits per heavy atom. The van der Waals surface area contributed by atoms with Crippen LogP contribution in [0.2, 0.25) is 10.0 Å². The van der Waals surface area contributed by atoms with Crippen LogP contribution in [0, 0.1) is 0 Å². The second-order valence-corrected chi connectivity index (χ2v) is 8.85. The molecule has 2 aromatic rings. The average Bonchev–Trinajstić information content (AvgIpc) is 2.60. The maximum atomic E-state index is 11.8. The summed E-state index contributed by atoms with van der Waals surface area (Å²) in [6.45, 7) is 1.38. The van der Waals surface area contributed by atoms with Crippen LogP contribution in [0.15, 0.2) is 34.5 Å². The van der Waals surface area contributed by atoms with Gasteiger partial charge in [-0.1, -0.05) is 29.3 Å². The lowest BCUT2D eigenvalue weighted by Crippen LogP contribution is -2.39. The summed E-state index contributed by atoms with van der Waals surface area (Å²) in [6, 6.07) is 5.31. The highest BCUT2D eigenvalue weighted by Gasteiger charge is 2.30. The molecule has 0 bridgehead atoms. The highest BCUT2D eigenvalue weighted by atomic mass is 35.5. The zero-order valence-electron chi connectivity index (χ0n) is 13.8. The van der Waals surface area contributed by atoms with Crippen LogP contribution in [-0.2, 0) is 9.84 Å². The van der Waals surface area contributed by atoms with Crippen LogP contribution in [0.5, 0.6) is 0 Å². The predicted octanol–water partition coefficient (Wildman–Crippen LogP) is 3.35. The molecule has 0 N–H and O–H groups in total. The molecule has 0 fully saturated rings. The van der Waals surface area contributed by atoms with Gasteiger partial charge in [-0.15, -0.1) is 0 Å². The fraction of sp³-hybridized carbons (Fsp3) is 0.235. The van der Waals surface area contributed by atoms with Crippen molar-refractivity contribution in [2.45, 2.75) is 11.6 Å². The fourth-order valence-electron chi connectivity index (χ4n) is 3.03. The lowest BCUT2D eigenvalue weighted by Gasteiger charge is -2.34. The number of hydrogen-bond acceptors (Lipinski definition) is 6. The lowest BCUT2D eigenvalue weighted by molar-refractivity contribution is 0.592. The topological polar surface area (TPSA) is 75.5 Å². The molecule has 9 heteroatoms. The van der Waals surface area contributed by atoms with Gasteiger partial charge in [0.2, 0.25) is 15.0 Å². The van der Waals surface area contributed by atoms with Gasteiger partial charge >= 0.3 is 0 Å². The molecule has 0 amide bonds. The Morgan fingerprint density at radius 3 is 2.77 bits per heavy atom. The Morgan fingerprint density at radius 2 is 2.04 bits per heavy atom. The molecule has 0 unspecified atom stereocenters. The van der Waals surface area contributed by atoms with E-state index in [2.05, 4.69) is 15.0 Å². The smallest absolute Gasteiger partial charge is 0.248 e. The van der Waals surface area contributed by atoms with Crippen LogP contribution >= 0.6 is 23.2 Å². The third-order valence-corrected chi connectivity index (χ3v) is 5.59. The SMILES string of the molecule is CS(=O)(=O)c1ncc2c(n1)N1CCCN=C1C(c1ccc(Cl)cc1Cl)=C2. The summed E-state index contributed by atoms with van der Waals surface area (Å²) in [6.07, 6.45) is 5.35. The number of rotatable bonds is 2. The largest absolute Gasteiger partial charge is 0.310 e. The molecule has 26 heavy (non-hydrogen) atoms. The van der Waals surface area contributed by atoms with Gasteiger partial charge in [-0.05, 0) is 24.6 Å². The predicted molar refractivity (Wildman–Crippen MR) is 104 cm³/mol. The quantitative estimate of drug-likeness (QED) is 0.712. The van der Waals surface area contributed by atoms with E-state index in [-0.39, 0.29) is 5.16 Å². The third-order valence-electron chi connectivity index (χ3n) is 4.18. The number of sulfone groups is 1. The summed E-state index contributed by atoms with van der Waals surface area (Å²) in [5, 5.41) is 0.885. The second kappa shape index (κ2) is 6.33. The van der Waals surface area contributed by atoms with E-state index < -0.39 is 9.84 Å². The van der Waals surface area contributed by atoms with Crippen molar-refractivity contribution in [3.63, 3.8) is 0 Å². The van der Waals surface area contributed by atoms with E-state index in [1.807, 2.05) is 17.0 Å². The number of halogens is 2. The molecular weight excluding hydrogens is 395 g/mol. The molecule has 0 radical (unpaired) electrons. The molecule has 2 aliphatic rings. The average molecular weight is 409 g/mol. The lowest BCUT2D eigenvalue weighted by atomic mass is 9.97. The number of aliphatic imine (C=N–C) groups is 1. The molecule has 3 heterocycles. The van der Waals surface area contributed by atoms with Crippen molar-refractivity contribution in [3.8, 4) is 0 Å². The zero-order valence-corrected chi connectivity index (χ0v) is 16.1. The van der Waals surface area contributed by atoms with Crippen molar-refractivity contribution < 1.29 is 8.42 Å². The molecule has 134 valence electrons. The number of amidine groups is 1. The Kier molecular flexibility index (Phi) is 4.25. The number of aromatic nitrogens is 2. The Bertz CT molecular complexity index is 1080. The Labute approximate surface area is 161 Å². The first kappa shape index (κ1) is 17.5. The first-order valence-corrected chi connectivity index (χ1v) is 10.6. The molecule has 0 spiro atoms. The van der Waals surface area contributed by atoms with Crippen LogP contribution in [0.3, 0.4) is 0 Å². The van der Waals surface area contributed by atoms with Crippen LogP contribution in [-0.4, -0.2) is 43.6 Å². The monoisotopic (exact) mass is 408 g/mol. The minimum Gasteiger partial charge on any atom is -0.310 e. The molecule has 1 aromatic heterocycles. The summed E-state index contributed by atoms with van der Waals surface area (Å²) in [5.41, 5.74) is 2.37. The van der Waals surface area contributed by atoms with E-state index >= 15 is 0 Å². The van der Waals surface area contributed by atoms with E-state index in [1.165, 1.54) is 6.20 Å². The van der Waals surface area contributed by atoms with Crippen molar-refractivity contribution in [1.29, 1.82) is 0 Å². The third kappa shape index (κ3) is 3.00. The van der Waals surface area contributed by atoms with Crippen molar-refractivity contribution in [2.75, 3.05) is 24.2 Å². The van der Waals surface area contributed by atoms with Gasteiger partial charge in [0.1, 0.15) is 11.7 Å². The van der Waals surface area contributed by atoms with Gasteiger partial charge in [0.05, 0.1) is 5.02 Å². The van der Waals surface area contributed by atoms with E-state index in [9.17, 15) is 8.42 Å². The molecule has 6 nitrogen and oxygen atoms in total. The summed E-state index contributed by atoms with van der Waals surface area (Å²) >= 11 is 12.4. The number of hydrogen-bond donors (Lipinski definition) is 0. The summed E-state index contributed by atoms with van der Waals surface area (Å²) in [5.74, 6) is 1.28. The standard InChI is InChI=1S/C17H14Cl2N4O2S/c1-26(24,25)17-21-9-10-7-13(12-4-3-11(18)8-14(12)19)16-20-5-2-6-23(16)15(10)22-17/h3-4,7-9H,2,5-6H2,1H3. The second-order valence-electron chi connectivity index (χ2n) is 6.10. The normalized spacial score (nSPS) is 16.5. The summed E-state index contributed by atoms with van der Waals surface area (Å²) < 4.78 is 23.6. The molecule has 1 aromatic carbocycles. The van der Waals surface area contributed by atoms with Crippen molar-refractivity contribution in [2.24, 2.45) is 4.99 Å². The highest BCUT2D eigenvalue weighted by molar-refractivity contribution is 7.90. The first-order chi connectivity index (χ1) is 12.3. The zero-order chi connectivity index (χ0) is 18.5. The molecule has 0 saturated carbocycles. The van der Waals surface area contributed by atoms with E-state index in [0.717, 1.165) is 35.2 Å². The number of fused-ring (bicyclic) bond motifs is 3. The van der Waals surface area contributed by atoms with E-state index in [1.54, 1.807) is 12.1 Å². The van der Waals surface area contributed by atoms with Gasteiger partial charge in [-0.25, -0.2) is 13.4 Å². The summed E-state index contributed by atoms with van der Waals surface area (Å²) in [7, 11) is -3.50. The molecule has 0 aliphatic carbocycles. The minimum absolute atomic E-state index is 0.192. The van der Waals surface area contributed by atoms with E-state index in [0.29, 0.717) is 29.0 Å². The Balaban J connectivity index is 1.94. The molecule has 0 saturated heterocycles. The summed E-state index contributed by atoms with van der Waals surface area (Å²) in [4.78, 5) is 14.8. The first-order valence-electron chi connectivity index (χ1n) is 7.91. The highest BCUT2D eigenvalue weighted by Crippen LogP contribution is 2.37. The Hall–Kier alpha value is -1.96. The number of benzene rings is 1. The maximum Gasteiger partial charge on any atom is 0.248 e. The van der Waals surface area contributed by atoms with Gasteiger partial charge in [0, 0.05) is 47.3 Å².